The maximum Gasteiger partial charge on any atom is 0.254 e. The Kier molecular flexibility index (Phi) is 6.28. The molecule has 1 aliphatic carbocycles. The summed E-state index contributed by atoms with van der Waals surface area (Å²) in [6, 6.07) is 1.69. The summed E-state index contributed by atoms with van der Waals surface area (Å²) in [4.78, 5) is 20.0. The minimum atomic E-state index is -0.653. The fourth-order valence-corrected chi connectivity index (χ4v) is 2.74. The Morgan fingerprint density at radius 3 is 2.88 bits per heavy atom. The van der Waals surface area contributed by atoms with Crippen molar-refractivity contribution in [1.82, 2.24) is 15.3 Å². The highest BCUT2D eigenvalue weighted by Crippen LogP contribution is 2.21. The van der Waals surface area contributed by atoms with E-state index in [2.05, 4.69) is 32.0 Å². The third kappa shape index (κ3) is 4.53. The van der Waals surface area contributed by atoms with E-state index in [0.29, 0.717) is 12.5 Å². The molecule has 1 aliphatic rings. The minimum absolute atomic E-state index is 0.0470. The Hall–Kier alpha value is -2.44. The SMILES string of the molecule is CNCC(C#N)Nc1nc(N[C@@H]2CCCC[C@@H]2N)ncc1C(N)=O. The van der Waals surface area contributed by atoms with E-state index in [1.165, 1.54) is 6.20 Å². The van der Waals surface area contributed by atoms with Crippen LogP contribution in [0.1, 0.15) is 36.0 Å². The number of carbonyl (C=O) groups excluding carboxylic acids is 1. The van der Waals surface area contributed by atoms with Gasteiger partial charge in [-0.3, -0.25) is 4.79 Å². The number of rotatable bonds is 7. The molecule has 1 aromatic heterocycles. The maximum absolute atomic E-state index is 11.6. The lowest BCUT2D eigenvalue weighted by molar-refractivity contribution is 0.100. The van der Waals surface area contributed by atoms with E-state index in [4.69, 9.17) is 16.7 Å². The van der Waals surface area contributed by atoms with Gasteiger partial charge in [-0.05, 0) is 19.9 Å². The number of carbonyl (C=O) groups is 1. The molecule has 1 heterocycles. The fraction of sp³-hybridized carbons (Fsp3) is 0.600. The van der Waals surface area contributed by atoms with Crippen LogP contribution >= 0.6 is 0 Å². The number of nitrogens with one attached hydrogen (secondary N) is 3. The third-order valence-corrected chi connectivity index (χ3v) is 4.06. The summed E-state index contributed by atoms with van der Waals surface area (Å²) in [6.45, 7) is 0.398. The number of likely N-dealkylation sites (N-methyl/N-ethyl adjacent to an activating group) is 1. The van der Waals surface area contributed by atoms with Gasteiger partial charge in [0.05, 0.1) is 11.6 Å². The van der Waals surface area contributed by atoms with Gasteiger partial charge in [-0.15, -0.1) is 0 Å². The lowest BCUT2D eigenvalue weighted by Gasteiger charge is -2.29. The number of aromatic nitrogens is 2. The van der Waals surface area contributed by atoms with Crippen molar-refractivity contribution in [3.8, 4) is 6.07 Å². The van der Waals surface area contributed by atoms with Crippen molar-refractivity contribution in [2.24, 2.45) is 11.5 Å². The Labute approximate surface area is 141 Å². The molecule has 0 aliphatic heterocycles. The second kappa shape index (κ2) is 8.42. The molecule has 9 heteroatoms. The Balaban J connectivity index is 2.20. The normalized spacial score (nSPS) is 21.5. The molecule has 24 heavy (non-hydrogen) atoms. The van der Waals surface area contributed by atoms with Gasteiger partial charge < -0.3 is 27.4 Å². The van der Waals surface area contributed by atoms with Crippen LogP contribution < -0.4 is 27.4 Å². The van der Waals surface area contributed by atoms with E-state index in [1.807, 2.05) is 0 Å². The first-order valence-electron chi connectivity index (χ1n) is 8.05. The maximum atomic E-state index is 11.6. The Bertz CT molecular complexity index is 614. The number of primary amides is 1. The van der Waals surface area contributed by atoms with Crippen LogP contribution in [-0.2, 0) is 0 Å². The molecule has 2 rings (SSSR count). The van der Waals surface area contributed by atoms with E-state index in [1.54, 1.807) is 7.05 Å². The molecule has 0 aromatic carbocycles. The molecule has 1 amide bonds. The van der Waals surface area contributed by atoms with Crippen LogP contribution in [0.5, 0.6) is 0 Å². The quantitative estimate of drug-likeness (QED) is 0.459. The number of hydrogen-bond donors (Lipinski definition) is 5. The number of anilines is 2. The van der Waals surface area contributed by atoms with E-state index >= 15 is 0 Å². The van der Waals surface area contributed by atoms with Crippen LogP contribution in [0.15, 0.2) is 6.20 Å². The third-order valence-electron chi connectivity index (χ3n) is 4.06. The second-order valence-electron chi connectivity index (χ2n) is 5.90. The van der Waals surface area contributed by atoms with Crippen LogP contribution in [0, 0.1) is 11.3 Å². The van der Waals surface area contributed by atoms with Crippen LogP contribution in [-0.4, -0.2) is 47.6 Å². The van der Waals surface area contributed by atoms with Gasteiger partial charge in [-0.1, -0.05) is 12.8 Å². The monoisotopic (exact) mass is 332 g/mol. The average Bonchev–Trinajstić information content (AvgIpc) is 2.56. The summed E-state index contributed by atoms with van der Waals surface area (Å²) in [5.74, 6) is -0.0447. The van der Waals surface area contributed by atoms with E-state index in [-0.39, 0.29) is 23.5 Å². The van der Waals surface area contributed by atoms with Crippen molar-refractivity contribution in [1.29, 1.82) is 5.26 Å². The highest BCUT2D eigenvalue weighted by molar-refractivity contribution is 5.97. The van der Waals surface area contributed by atoms with Gasteiger partial charge in [0.25, 0.3) is 5.91 Å². The van der Waals surface area contributed by atoms with Crippen LogP contribution in [0.3, 0.4) is 0 Å². The molecule has 1 unspecified atom stereocenters. The predicted molar refractivity (Wildman–Crippen MR) is 91.4 cm³/mol. The standard InChI is InChI=1S/C15H24N8O/c1-19-7-9(6-16)21-14-10(13(18)24)8-20-15(23-14)22-12-5-3-2-4-11(12)17/h8-9,11-12,19H,2-5,7,17H2,1H3,(H2,18,24)(H2,20,21,22,23)/t9?,11-,12+/m0/s1. The number of amides is 1. The largest absolute Gasteiger partial charge is 0.365 e. The van der Waals surface area contributed by atoms with Crippen molar-refractivity contribution in [2.45, 2.75) is 43.8 Å². The van der Waals surface area contributed by atoms with Gasteiger partial charge in [0.1, 0.15) is 11.9 Å². The number of nitrogens with two attached hydrogens (primary N) is 2. The zero-order chi connectivity index (χ0) is 17.5. The first kappa shape index (κ1) is 17.9. The van der Waals surface area contributed by atoms with Crippen molar-refractivity contribution in [3.63, 3.8) is 0 Å². The topological polar surface area (TPSA) is 155 Å². The molecule has 0 bridgehead atoms. The smallest absolute Gasteiger partial charge is 0.254 e. The Morgan fingerprint density at radius 1 is 1.50 bits per heavy atom. The van der Waals surface area contributed by atoms with Crippen molar-refractivity contribution >= 4 is 17.7 Å². The molecule has 0 saturated heterocycles. The number of hydrogen-bond acceptors (Lipinski definition) is 8. The molecule has 1 aromatic rings. The van der Waals surface area contributed by atoms with Gasteiger partial charge in [0, 0.05) is 24.8 Å². The summed E-state index contributed by atoms with van der Waals surface area (Å²) in [7, 11) is 1.73. The molecule has 130 valence electrons. The van der Waals surface area contributed by atoms with Gasteiger partial charge in [0.2, 0.25) is 5.95 Å². The van der Waals surface area contributed by atoms with E-state index < -0.39 is 11.9 Å². The fourth-order valence-electron chi connectivity index (χ4n) is 2.74. The lowest BCUT2D eigenvalue weighted by Crippen LogP contribution is -2.43. The van der Waals surface area contributed by atoms with Crippen molar-refractivity contribution in [2.75, 3.05) is 24.2 Å². The molecule has 1 saturated carbocycles. The van der Waals surface area contributed by atoms with E-state index in [9.17, 15) is 4.79 Å². The first-order chi connectivity index (χ1) is 11.5. The first-order valence-corrected chi connectivity index (χ1v) is 8.05. The summed E-state index contributed by atoms with van der Waals surface area (Å²) >= 11 is 0. The Morgan fingerprint density at radius 2 is 2.25 bits per heavy atom. The van der Waals surface area contributed by atoms with Crippen molar-refractivity contribution in [3.05, 3.63) is 11.8 Å². The van der Waals surface area contributed by atoms with Gasteiger partial charge in [-0.25, -0.2) is 4.98 Å². The molecule has 7 N–H and O–H groups in total. The highest BCUT2D eigenvalue weighted by Gasteiger charge is 2.23. The van der Waals surface area contributed by atoms with Gasteiger partial charge >= 0.3 is 0 Å². The highest BCUT2D eigenvalue weighted by atomic mass is 16.1. The van der Waals surface area contributed by atoms with Crippen LogP contribution in [0.4, 0.5) is 11.8 Å². The number of nitrogens with zero attached hydrogens (tertiary/aromatic N) is 3. The summed E-state index contributed by atoms with van der Waals surface area (Å²) in [5, 5.41) is 18.2. The lowest BCUT2D eigenvalue weighted by atomic mass is 9.91. The van der Waals surface area contributed by atoms with Crippen LogP contribution in [0.2, 0.25) is 0 Å². The van der Waals surface area contributed by atoms with Gasteiger partial charge in [0.15, 0.2) is 0 Å². The van der Waals surface area contributed by atoms with E-state index in [0.717, 1.165) is 25.7 Å². The molecular weight excluding hydrogens is 308 g/mol. The average molecular weight is 332 g/mol. The number of nitriles is 1. The minimum Gasteiger partial charge on any atom is -0.365 e. The molecule has 0 radical (unpaired) electrons. The molecule has 1 fully saturated rings. The predicted octanol–water partition coefficient (Wildman–Crippen LogP) is -0.219. The molecule has 0 spiro atoms. The summed E-state index contributed by atoms with van der Waals surface area (Å²) in [6.07, 6.45) is 5.50. The van der Waals surface area contributed by atoms with Crippen LogP contribution in [0.25, 0.3) is 0 Å². The van der Waals surface area contributed by atoms with Gasteiger partial charge in [-0.2, -0.15) is 10.2 Å². The molecular formula is C15H24N8O. The zero-order valence-corrected chi connectivity index (χ0v) is 13.7. The molecule has 3 atom stereocenters. The summed E-state index contributed by atoms with van der Waals surface area (Å²) in [5.41, 5.74) is 11.6. The molecule has 9 nitrogen and oxygen atoms in total. The zero-order valence-electron chi connectivity index (χ0n) is 13.7. The summed E-state index contributed by atoms with van der Waals surface area (Å²) < 4.78 is 0. The second-order valence-corrected chi connectivity index (χ2v) is 5.90. The van der Waals surface area contributed by atoms with Crippen molar-refractivity contribution < 1.29 is 4.79 Å².